The van der Waals surface area contributed by atoms with Gasteiger partial charge in [-0.3, -0.25) is 9.97 Å². The number of anilines is 3. The van der Waals surface area contributed by atoms with E-state index in [2.05, 4.69) is 116 Å². The van der Waals surface area contributed by atoms with Gasteiger partial charge in [-0.25, -0.2) is 0 Å². The van der Waals surface area contributed by atoms with Crippen LogP contribution in [0.4, 0.5) is 17.1 Å². The third-order valence-corrected chi connectivity index (χ3v) is 7.29. The lowest BCUT2D eigenvalue weighted by molar-refractivity contribution is 1.15. The quantitative estimate of drug-likeness (QED) is 0.261. The van der Waals surface area contributed by atoms with Crippen molar-refractivity contribution in [3.63, 3.8) is 0 Å². The minimum Gasteiger partial charge on any atom is -0.309 e. The Morgan fingerprint density at radius 1 is 0.500 bits per heavy atom. The summed E-state index contributed by atoms with van der Waals surface area (Å²) in [6.07, 6.45) is 7.44. The zero-order valence-corrected chi connectivity index (χ0v) is 19.3. The highest BCUT2D eigenvalue weighted by molar-refractivity contribution is 6.18. The topological polar surface area (TPSA) is 34.0 Å². The molecule has 0 amide bonds. The van der Waals surface area contributed by atoms with Gasteiger partial charge in [0, 0.05) is 57.9 Å². The Kier molecular flexibility index (Phi) is 3.91. The smallest absolute Gasteiger partial charge is 0.0562 e. The summed E-state index contributed by atoms with van der Waals surface area (Å²) < 4.78 is 2.35. The van der Waals surface area contributed by atoms with Gasteiger partial charge in [0.2, 0.25) is 0 Å². The lowest BCUT2D eigenvalue weighted by Crippen LogP contribution is -2.15. The Hall–Kier alpha value is -4.96. The minimum absolute atomic E-state index is 1.10. The van der Waals surface area contributed by atoms with Crippen molar-refractivity contribution in [2.45, 2.75) is 0 Å². The van der Waals surface area contributed by atoms with Crippen LogP contribution in [-0.4, -0.2) is 14.5 Å². The number of fused-ring (bicyclic) bond motifs is 5. The molecule has 0 spiro atoms. The van der Waals surface area contributed by atoms with Crippen LogP contribution in [0.2, 0.25) is 0 Å². The Bertz CT molecular complexity index is 1930. The molecule has 0 saturated heterocycles. The molecule has 4 aromatic carbocycles. The van der Waals surface area contributed by atoms with E-state index in [1.807, 2.05) is 24.8 Å². The molecule has 0 atom stereocenters. The monoisotopic (exact) mass is 460 g/mol. The molecule has 0 bridgehead atoms. The van der Waals surface area contributed by atoms with Gasteiger partial charge in [-0.05, 0) is 59.5 Å². The maximum Gasteiger partial charge on any atom is 0.0562 e. The first-order valence-electron chi connectivity index (χ1n) is 12.1. The van der Waals surface area contributed by atoms with E-state index < -0.39 is 0 Å². The zero-order chi connectivity index (χ0) is 23.6. The highest BCUT2D eigenvalue weighted by Gasteiger charge is 2.27. The number of hydrogen-bond donors (Lipinski definition) is 0. The molecule has 0 fully saturated rings. The fourth-order valence-corrected chi connectivity index (χ4v) is 5.81. The molecule has 4 heteroatoms. The third-order valence-electron chi connectivity index (χ3n) is 7.29. The van der Waals surface area contributed by atoms with Gasteiger partial charge in [-0.2, -0.15) is 0 Å². The van der Waals surface area contributed by atoms with Gasteiger partial charge in [0.25, 0.3) is 0 Å². The summed E-state index contributed by atoms with van der Waals surface area (Å²) in [4.78, 5) is 10.9. The van der Waals surface area contributed by atoms with Crippen molar-refractivity contribution < 1.29 is 0 Å². The van der Waals surface area contributed by atoms with Gasteiger partial charge in [0.1, 0.15) is 0 Å². The average Bonchev–Trinajstić information content (AvgIpc) is 3.27. The molecule has 7 aromatic rings. The third kappa shape index (κ3) is 2.58. The van der Waals surface area contributed by atoms with E-state index in [-0.39, 0.29) is 0 Å². The van der Waals surface area contributed by atoms with Crippen molar-refractivity contribution in [1.29, 1.82) is 0 Å². The van der Waals surface area contributed by atoms with Crippen LogP contribution in [-0.2, 0) is 0 Å². The number of rotatable bonds is 2. The SMILES string of the molecule is c1cc2c3c(cccc3c1)N(c1ccncc1)c1cc3c(cc1-2)c1ccccc1n3-c1ccncc1. The van der Waals surface area contributed by atoms with E-state index in [9.17, 15) is 0 Å². The Balaban J connectivity index is 1.56. The fraction of sp³-hybridized carbons (Fsp3) is 0. The lowest BCUT2D eigenvalue weighted by atomic mass is 9.90. The van der Waals surface area contributed by atoms with E-state index in [0.717, 1.165) is 17.1 Å². The van der Waals surface area contributed by atoms with Crippen LogP contribution >= 0.6 is 0 Å². The molecule has 0 aliphatic carbocycles. The van der Waals surface area contributed by atoms with Gasteiger partial charge in [0.15, 0.2) is 0 Å². The van der Waals surface area contributed by atoms with E-state index >= 15 is 0 Å². The maximum absolute atomic E-state index is 4.29. The van der Waals surface area contributed by atoms with Gasteiger partial charge in [-0.15, -0.1) is 0 Å². The number of pyridine rings is 2. The zero-order valence-electron chi connectivity index (χ0n) is 19.3. The molecule has 0 radical (unpaired) electrons. The molecule has 8 rings (SSSR count). The maximum atomic E-state index is 4.29. The summed E-state index contributed by atoms with van der Waals surface area (Å²) in [5.41, 5.74) is 9.42. The summed E-state index contributed by atoms with van der Waals surface area (Å²) in [5.74, 6) is 0. The summed E-state index contributed by atoms with van der Waals surface area (Å²) in [7, 11) is 0. The van der Waals surface area contributed by atoms with Crippen LogP contribution in [0.5, 0.6) is 0 Å². The van der Waals surface area contributed by atoms with E-state index in [4.69, 9.17) is 0 Å². The van der Waals surface area contributed by atoms with E-state index in [0.29, 0.717) is 0 Å². The minimum atomic E-state index is 1.10. The van der Waals surface area contributed by atoms with Gasteiger partial charge >= 0.3 is 0 Å². The van der Waals surface area contributed by atoms with Crippen LogP contribution in [0.1, 0.15) is 0 Å². The van der Waals surface area contributed by atoms with Gasteiger partial charge in [-0.1, -0.05) is 48.5 Å². The first-order valence-corrected chi connectivity index (χ1v) is 12.1. The van der Waals surface area contributed by atoms with Crippen molar-refractivity contribution in [3.05, 3.63) is 122 Å². The Morgan fingerprint density at radius 3 is 2.03 bits per heavy atom. The summed E-state index contributed by atoms with van der Waals surface area (Å²) >= 11 is 0. The average molecular weight is 461 g/mol. The molecule has 1 aliphatic heterocycles. The molecule has 4 nitrogen and oxygen atoms in total. The van der Waals surface area contributed by atoms with Crippen molar-refractivity contribution in [2.75, 3.05) is 4.90 Å². The summed E-state index contributed by atoms with van der Waals surface area (Å²) in [5, 5.41) is 5.01. The molecule has 168 valence electrons. The number of nitrogens with zero attached hydrogens (tertiary/aromatic N) is 4. The predicted octanol–water partition coefficient (Wildman–Crippen LogP) is 8.18. The summed E-state index contributed by atoms with van der Waals surface area (Å²) in [6.45, 7) is 0. The number of hydrogen-bond acceptors (Lipinski definition) is 3. The Morgan fingerprint density at radius 2 is 1.22 bits per heavy atom. The fourth-order valence-electron chi connectivity index (χ4n) is 5.81. The van der Waals surface area contributed by atoms with Crippen molar-refractivity contribution in [2.24, 2.45) is 0 Å². The van der Waals surface area contributed by atoms with Crippen molar-refractivity contribution in [3.8, 4) is 16.8 Å². The molecule has 0 saturated carbocycles. The van der Waals surface area contributed by atoms with Gasteiger partial charge < -0.3 is 9.47 Å². The van der Waals surface area contributed by atoms with Crippen LogP contribution in [0.3, 0.4) is 0 Å². The van der Waals surface area contributed by atoms with E-state index in [1.54, 1.807) is 0 Å². The molecule has 4 heterocycles. The second-order valence-corrected chi connectivity index (χ2v) is 9.17. The molecule has 3 aromatic heterocycles. The number of aromatic nitrogens is 3. The Labute approximate surface area is 207 Å². The standard InChI is InChI=1S/C32H20N4/c1-2-9-28-24(7-1)26-19-27-25-8-3-5-21-6-4-10-29(32(21)25)36(23-13-17-34-18-14-23)31(27)20-30(26)35(28)22-11-15-33-16-12-22/h1-20H. The highest BCUT2D eigenvalue weighted by Crippen LogP contribution is 2.52. The highest BCUT2D eigenvalue weighted by atomic mass is 15.2. The normalized spacial score (nSPS) is 12.4. The molecule has 36 heavy (non-hydrogen) atoms. The van der Waals surface area contributed by atoms with Crippen molar-refractivity contribution in [1.82, 2.24) is 14.5 Å². The number of para-hydroxylation sites is 1. The lowest BCUT2D eigenvalue weighted by Gasteiger charge is -2.33. The first kappa shape index (κ1) is 19.4. The van der Waals surface area contributed by atoms with Gasteiger partial charge in [0.05, 0.1) is 22.4 Å². The molecular weight excluding hydrogens is 440 g/mol. The van der Waals surface area contributed by atoms with Crippen LogP contribution in [0.15, 0.2) is 122 Å². The van der Waals surface area contributed by atoms with Crippen LogP contribution < -0.4 is 4.90 Å². The predicted molar refractivity (Wildman–Crippen MR) is 148 cm³/mol. The van der Waals surface area contributed by atoms with Crippen LogP contribution in [0.25, 0.3) is 49.4 Å². The molecule has 0 unspecified atom stereocenters. The van der Waals surface area contributed by atoms with Crippen LogP contribution in [0, 0.1) is 0 Å². The molecular formula is C32H20N4. The molecule has 0 N–H and O–H groups in total. The second-order valence-electron chi connectivity index (χ2n) is 9.17. The number of benzene rings is 4. The van der Waals surface area contributed by atoms with E-state index in [1.165, 1.54) is 49.4 Å². The molecule has 1 aliphatic rings. The van der Waals surface area contributed by atoms with Crippen molar-refractivity contribution >= 4 is 49.6 Å². The summed E-state index contributed by atoms with van der Waals surface area (Å²) in [6, 6.07) is 34.9. The second kappa shape index (κ2) is 7.27. The largest absolute Gasteiger partial charge is 0.309 e. The first-order chi connectivity index (χ1) is 17.9.